The molecular weight excluding hydrogens is 278 g/mol. The van der Waals surface area contributed by atoms with Gasteiger partial charge in [-0.1, -0.05) is 22.9 Å². The zero-order valence-electron chi connectivity index (χ0n) is 10.4. The number of benzene rings is 1. The van der Waals surface area contributed by atoms with Crippen LogP contribution in [-0.2, 0) is 6.54 Å². The molecule has 3 rings (SSSR count). The molecule has 0 aliphatic carbocycles. The van der Waals surface area contributed by atoms with Gasteiger partial charge in [-0.3, -0.25) is 4.98 Å². The number of rotatable bonds is 3. The molecule has 0 bridgehead atoms. The summed E-state index contributed by atoms with van der Waals surface area (Å²) in [4.78, 5) is 8.62. The number of fused-ring (bicyclic) bond motifs is 1. The Bertz CT molecular complexity index is 724. The number of aryl methyl sites for hydroxylation is 1. The Hall–Kier alpha value is -1.65. The lowest BCUT2D eigenvalue weighted by molar-refractivity contribution is 1.09. The van der Waals surface area contributed by atoms with Crippen LogP contribution >= 0.6 is 22.9 Å². The predicted octanol–water partition coefficient (Wildman–Crippen LogP) is 4.27. The molecule has 1 aromatic carbocycles. The van der Waals surface area contributed by atoms with Crippen molar-refractivity contribution in [1.29, 1.82) is 0 Å². The van der Waals surface area contributed by atoms with E-state index in [1.165, 1.54) is 11.1 Å². The molecule has 0 unspecified atom stereocenters. The quantitative estimate of drug-likeness (QED) is 0.782. The van der Waals surface area contributed by atoms with Crippen LogP contribution in [0.2, 0.25) is 5.02 Å². The Morgan fingerprint density at radius 1 is 1.32 bits per heavy atom. The lowest BCUT2D eigenvalue weighted by Gasteiger charge is -2.05. The molecule has 0 aliphatic rings. The number of hydrogen-bond donors (Lipinski definition) is 1. The van der Waals surface area contributed by atoms with Gasteiger partial charge in [-0.05, 0) is 42.3 Å². The fourth-order valence-electron chi connectivity index (χ4n) is 1.85. The predicted molar refractivity (Wildman–Crippen MR) is 80.9 cm³/mol. The fraction of sp³-hybridized carbons (Fsp3) is 0.143. The van der Waals surface area contributed by atoms with Gasteiger partial charge in [-0.25, -0.2) is 4.98 Å². The smallest absolute Gasteiger partial charge is 0.184 e. The lowest BCUT2D eigenvalue weighted by atomic mass is 10.2. The number of thiazole rings is 1. The highest BCUT2D eigenvalue weighted by atomic mass is 35.5. The molecule has 5 heteroatoms. The van der Waals surface area contributed by atoms with Crippen molar-refractivity contribution in [2.45, 2.75) is 13.5 Å². The first-order valence-corrected chi connectivity index (χ1v) is 7.11. The lowest BCUT2D eigenvalue weighted by Crippen LogP contribution is -2.00. The van der Waals surface area contributed by atoms with Gasteiger partial charge >= 0.3 is 0 Å². The molecule has 0 spiro atoms. The molecule has 0 fully saturated rings. The van der Waals surface area contributed by atoms with Crippen molar-refractivity contribution in [2.75, 3.05) is 5.32 Å². The Labute approximate surface area is 120 Å². The molecule has 3 aromatic rings. The summed E-state index contributed by atoms with van der Waals surface area (Å²) < 4.78 is 1.10. The third-order valence-electron chi connectivity index (χ3n) is 2.92. The maximum Gasteiger partial charge on any atom is 0.184 e. The second-order valence-corrected chi connectivity index (χ2v) is 5.75. The van der Waals surface area contributed by atoms with Gasteiger partial charge in [0.05, 0.1) is 10.2 Å². The molecule has 0 radical (unpaired) electrons. The van der Waals surface area contributed by atoms with Crippen LogP contribution in [0, 0.1) is 6.92 Å². The second kappa shape index (κ2) is 5.15. The SMILES string of the molecule is Cc1cnccc1CNc1nc2ccc(Cl)cc2s1. The van der Waals surface area contributed by atoms with Crippen molar-refractivity contribution in [3.63, 3.8) is 0 Å². The molecule has 0 atom stereocenters. The van der Waals surface area contributed by atoms with Crippen molar-refractivity contribution < 1.29 is 0 Å². The normalized spacial score (nSPS) is 10.8. The van der Waals surface area contributed by atoms with Crippen LogP contribution in [0.25, 0.3) is 10.2 Å². The Balaban J connectivity index is 1.80. The van der Waals surface area contributed by atoms with Crippen molar-refractivity contribution in [2.24, 2.45) is 0 Å². The van der Waals surface area contributed by atoms with E-state index in [4.69, 9.17) is 11.6 Å². The van der Waals surface area contributed by atoms with Gasteiger partial charge in [-0.15, -0.1) is 0 Å². The molecule has 0 saturated carbocycles. The van der Waals surface area contributed by atoms with Gasteiger partial charge < -0.3 is 5.32 Å². The van der Waals surface area contributed by atoms with E-state index in [1.54, 1.807) is 11.3 Å². The summed E-state index contributed by atoms with van der Waals surface area (Å²) in [5.74, 6) is 0. The first kappa shape index (κ1) is 12.4. The molecule has 96 valence electrons. The molecule has 1 N–H and O–H groups in total. The van der Waals surface area contributed by atoms with E-state index in [2.05, 4.69) is 22.2 Å². The Morgan fingerprint density at radius 2 is 2.21 bits per heavy atom. The van der Waals surface area contributed by atoms with Crippen molar-refractivity contribution in [3.8, 4) is 0 Å². The third kappa shape index (κ3) is 2.69. The van der Waals surface area contributed by atoms with Gasteiger partial charge in [0.1, 0.15) is 0 Å². The number of nitrogens with zero attached hydrogens (tertiary/aromatic N) is 2. The first-order chi connectivity index (χ1) is 9.22. The van der Waals surface area contributed by atoms with Gasteiger partial charge in [0.2, 0.25) is 0 Å². The maximum atomic E-state index is 5.97. The van der Waals surface area contributed by atoms with Gasteiger partial charge in [-0.2, -0.15) is 0 Å². The Morgan fingerprint density at radius 3 is 3.05 bits per heavy atom. The number of hydrogen-bond acceptors (Lipinski definition) is 4. The molecule has 0 amide bonds. The molecule has 0 aliphatic heterocycles. The minimum Gasteiger partial charge on any atom is -0.357 e. The van der Waals surface area contributed by atoms with E-state index >= 15 is 0 Å². The van der Waals surface area contributed by atoms with E-state index in [1.807, 2.05) is 36.7 Å². The molecule has 2 aromatic heterocycles. The average Bonchev–Trinajstić information content (AvgIpc) is 2.79. The summed E-state index contributed by atoms with van der Waals surface area (Å²) >= 11 is 7.59. The topological polar surface area (TPSA) is 37.8 Å². The van der Waals surface area contributed by atoms with E-state index in [0.717, 1.165) is 26.9 Å². The van der Waals surface area contributed by atoms with Gasteiger partial charge in [0.25, 0.3) is 0 Å². The number of aromatic nitrogens is 2. The van der Waals surface area contributed by atoms with E-state index in [9.17, 15) is 0 Å². The van der Waals surface area contributed by atoms with Crippen LogP contribution in [0.5, 0.6) is 0 Å². The van der Waals surface area contributed by atoms with Crippen LogP contribution in [0.1, 0.15) is 11.1 Å². The minimum absolute atomic E-state index is 0.743. The molecule has 0 saturated heterocycles. The third-order valence-corrected chi connectivity index (χ3v) is 4.13. The summed E-state index contributed by atoms with van der Waals surface area (Å²) in [7, 11) is 0. The van der Waals surface area contributed by atoms with Crippen LogP contribution < -0.4 is 5.32 Å². The van der Waals surface area contributed by atoms with Crippen molar-refractivity contribution in [3.05, 3.63) is 52.8 Å². The summed E-state index contributed by atoms with van der Waals surface area (Å²) in [6, 6.07) is 7.77. The average molecular weight is 290 g/mol. The van der Waals surface area contributed by atoms with Gasteiger partial charge in [0.15, 0.2) is 5.13 Å². The van der Waals surface area contributed by atoms with Crippen LogP contribution in [0.3, 0.4) is 0 Å². The van der Waals surface area contributed by atoms with E-state index in [0.29, 0.717) is 0 Å². The number of pyridine rings is 1. The monoisotopic (exact) mass is 289 g/mol. The first-order valence-electron chi connectivity index (χ1n) is 5.92. The highest BCUT2D eigenvalue weighted by Crippen LogP contribution is 2.28. The molecule has 3 nitrogen and oxygen atoms in total. The zero-order chi connectivity index (χ0) is 13.2. The van der Waals surface area contributed by atoms with Crippen LogP contribution in [0.15, 0.2) is 36.7 Å². The van der Waals surface area contributed by atoms with Crippen LogP contribution in [0.4, 0.5) is 5.13 Å². The van der Waals surface area contributed by atoms with Gasteiger partial charge in [0, 0.05) is 24.0 Å². The zero-order valence-corrected chi connectivity index (χ0v) is 11.9. The number of halogens is 1. The Kier molecular flexibility index (Phi) is 3.36. The second-order valence-electron chi connectivity index (χ2n) is 4.29. The molecule has 19 heavy (non-hydrogen) atoms. The minimum atomic E-state index is 0.743. The van der Waals surface area contributed by atoms with Crippen molar-refractivity contribution in [1.82, 2.24) is 9.97 Å². The van der Waals surface area contributed by atoms with E-state index < -0.39 is 0 Å². The number of nitrogens with one attached hydrogen (secondary N) is 1. The summed E-state index contributed by atoms with van der Waals surface area (Å²) in [6.45, 7) is 2.81. The van der Waals surface area contributed by atoms with Crippen LogP contribution in [-0.4, -0.2) is 9.97 Å². The number of anilines is 1. The van der Waals surface area contributed by atoms with Crippen molar-refractivity contribution >= 4 is 38.3 Å². The standard InChI is InChI=1S/C14H12ClN3S/c1-9-7-16-5-4-10(9)8-17-14-18-12-3-2-11(15)6-13(12)19-14/h2-7H,8H2,1H3,(H,17,18). The van der Waals surface area contributed by atoms with E-state index in [-0.39, 0.29) is 0 Å². The highest BCUT2D eigenvalue weighted by molar-refractivity contribution is 7.22. The maximum absolute atomic E-state index is 5.97. The fourth-order valence-corrected chi connectivity index (χ4v) is 2.98. The largest absolute Gasteiger partial charge is 0.357 e. The summed E-state index contributed by atoms with van der Waals surface area (Å²) in [6.07, 6.45) is 3.68. The summed E-state index contributed by atoms with van der Waals surface area (Å²) in [5, 5.41) is 5.00. The highest BCUT2D eigenvalue weighted by Gasteiger charge is 2.04. The molecule has 2 heterocycles. The molecular formula is C14H12ClN3S. The summed E-state index contributed by atoms with van der Waals surface area (Å²) in [5.41, 5.74) is 3.38.